The van der Waals surface area contributed by atoms with E-state index in [-0.39, 0.29) is 5.91 Å². The lowest BCUT2D eigenvalue weighted by atomic mass is 9.98. The molecule has 1 N–H and O–H groups in total. The number of hydrogen-bond acceptors (Lipinski definition) is 4. The molecule has 0 aromatic heterocycles. The van der Waals surface area contributed by atoms with E-state index in [1.165, 1.54) is 11.1 Å². The molecule has 1 amide bonds. The van der Waals surface area contributed by atoms with Crippen molar-refractivity contribution < 1.29 is 9.53 Å². The second kappa shape index (κ2) is 9.03. The van der Waals surface area contributed by atoms with Crippen LogP contribution in [0.2, 0.25) is 0 Å². The monoisotopic (exact) mass is 411 g/mol. The maximum Gasteiger partial charge on any atom is 0.254 e. The highest BCUT2D eigenvalue weighted by molar-refractivity contribution is 5.94. The Hall–Kier alpha value is -3.62. The van der Waals surface area contributed by atoms with Crippen LogP contribution in [0.5, 0.6) is 0 Å². The van der Waals surface area contributed by atoms with Gasteiger partial charge in [-0.2, -0.15) is 5.26 Å². The van der Waals surface area contributed by atoms with E-state index in [2.05, 4.69) is 43.4 Å². The molecule has 0 aliphatic carbocycles. The molecule has 3 aromatic carbocycles. The van der Waals surface area contributed by atoms with Crippen molar-refractivity contribution in [2.75, 3.05) is 31.6 Å². The summed E-state index contributed by atoms with van der Waals surface area (Å²) in [6.07, 6.45) is 0. The van der Waals surface area contributed by atoms with Crippen molar-refractivity contribution >= 4 is 17.3 Å². The van der Waals surface area contributed by atoms with Crippen LogP contribution in [-0.2, 0) is 4.74 Å². The van der Waals surface area contributed by atoms with Gasteiger partial charge in [-0.05, 0) is 72.5 Å². The first kappa shape index (κ1) is 20.6. The maximum atomic E-state index is 12.6. The predicted molar refractivity (Wildman–Crippen MR) is 123 cm³/mol. The standard InChI is InChI=1S/C26H25N3O2/c1-18-3-4-21(15-19(18)2)22-7-10-25(23(16-22)17-27)28-24-8-5-20(6-9-24)26(30)29-11-13-31-14-12-29/h3-10,15-16,28H,11-14H2,1-2H3. The first-order valence-corrected chi connectivity index (χ1v) is 10.4. The lowest BCUT2D eigenvalue weighted by molar-refractivity contribution is 0.0303. The molecule has 0 saturated carbocycles. The highest BCUT2D eigenvalue weighted by Crippen LogP contribution is 2.28. The largest absolute Gasteiger partial charge is 0.378 e. The number of morpholine rings is 1. The van der Waals surface area contributed by atoms with E-state index in [9.17, 15) is 10.1 Å². The van der Waals surface area contributed by atoms with Crippen LogP contribution in [0.15, 0.2) is 60.7 Å². The summed E-state index contributed by atoms with van der Waals surface area (Å²) < 4.78 is 5.31. The number of carbonyl (C=O) groups excluding carboxylic acids is 1. The molecular formula is C26H25N3O2. The molecule has 1 aliphatic rings. The number of anilines is 2. The van der Waals surface area contributed by atoms with Gasteiger partial charge in [-0.15, -0.1) is 0 Å². The van der Waals surface area contributed by atoms with Gasteiger partial charge < -0.3 is 15.0 Å². The maximum absolute atomic E-state index is 12.6. The fourth-order valence-corrected chi connectivity index (χ4v) is 3.65. The molecule has 31 heavy (non-hydrogen) atoms. The van der Waals surface area contributed by atoms with Crippen molar-refractivity contribution in [3.8, 4) is 17.2 Å². The Bertz CT molecular complexity index is 1140. The number of nitrogens with one attached hydrogen (secondary N) is 1. The van der Waals surface area contributed by atoms with Crippen LogP contribution in [0.1, 0.15) is 27.0 Å². The lowest BCUT2D eigenvalue weighted by Crippen LogP contribution is -2.40. The Labute approximate surface area is 182 Å². The van der Waals surface area contributed by atoms with Gasteiger partial charge in [-0.25, -0.2) is 0 Å². The van der Waals surface area contributed by atoms with Gasteiger partial charge in [-0.3, -0.25) is 4.79 Å². The molecule has 3 aromatic rings. The van der Waals surface area contributed by atoms with Gasteiger partial charge in [0, 0.05) is 24.3 Å². The number of nitrogens with zero attached hydrogens (tertiary/aromatic N) is 2. The molecule has 1 fully saturated rings. The highest BCUT2D eigenvalue weighted by Gasteiger charge is 2.18. The number of rotatable bonds is 4. The zero-order valence-corrected chi connectivity index (χ0v) is 17.8. The van der Waals surface area contributed by atoms with Gasteiger partial charge in [0.15, 0.2) is 0 Å². The van der Waals surface area contributed by atoms with Crippen LogP contribution in [-0.4, -0.2) is 37.1 Å². The van der Waals surface area contributed by atoms with Gasteiger partial charge in [0.25, 0.3) is 5.91 Å². The number of ether oxygens (including phenoxy) is 1. The van der Waals surface area contributed by atoms with Crippen LogP contribution in [0.4, 0.5) is 11.4 Å². The molecule has 0 atom stereocenters. The molecule has 1 saturated heterocycles. The van der Waals surface area contributed by atoms with Gasteiger partial charge in [0.1, 0.15) is 6.07 Å². The van der Waals surface area contributed by atoms with Crippen LogP contribution >= 0.6 is 0 Å². The normalized spacial score (nSPS) is 13.5. The summed E-state index contributed by atoms with van der Waals surface area (Å²) in [6.45, 7) is 6.59. The van der Waals surface area contributed by atoms with Crippen molar-refractivity contribution in [1.82, 2.24) is 4.90 Å². The molecule has 1 aliphatic heterocycles. The second-order valence-electron chi connectivity index (χ2n) is 7.78. The summed E-state index contributed by atoms with van der Waals surface area (Å²) in [5.74, 6) is 0.0188. The second-order valence-corrected chi connectivity index (χ2v) is 7.78. The zero-order chi connectivity index (χ0) is 21.8. The number of amides is 1. The molecule has 0 spiro atoms. The molecule has 4 rings (SSSR count). The number of hydrogen-bond donors (Lipinski definition) is 1. The molecule has 0 radical (unpaired) electrons. The van der Waals surface area contributed by atoms with Crippen molar-refractivity contribution in [3.05, 3.63) is 82.9 Å². The number of benzene rings is 3. The SMILES string of the molecule is Cc1ccc(-c2ccc(Nc3ccc(C(=O)N4CCOCC4)cc3)c(C#N)c2)cc1C. The number of nitriles is 1. The molecule has 156 valence electrons. The van der Waals surface area contributed by atoms with E-state index in [1.54, 1.807) is 0 Å². The molecule has 5 nitrogen and oxygen atoms in total. The topological polar surface area (TPSA) is 65.4 Å². The summed E-state index contributed by atoms with van der Waals surface area (Å²) in [6, 6.07) is 21.8. The summed E-state index contributed by atoms with van der Waals surface area (Å²) in [4.78, 5) is 14.4. The first-order valence-electron chi connectivity index (χ1n) is 10.4. The fourth-order valence-electron chi connectivity index (χ4n) is 3.65. The smallest absolute Gasteiger partial charge is 0.254 e. The Morgan fingerprint density at radius 2 is 1.61 bits per heavy atom. The van der Waals surface area contributed by atoms with Crippen molar-refractivity contribution in [1.29, 1.82) is 5.26 Å². The average molecular weight is 412 g/mol. The van der Waals surface area contributed by atoms with Crippen molar-refractivity contribution in [2.45, 2.75) is 13.8 Å². The van der Waals surface area contributed by atoms with Gasteiger partial charge in [-0.1, -0.05) is 24.3 Å². The summed E-state index contributed by atoms with van der Waals surface area (Å²) in [5.41, 5.74) is 7.37. The van der Waals surface area contributed by atoms with Gasteiger partial charge >= 0.3 is 0 Å². The van der Waals surface area contributed by atoms with E-state index in [0.29, 0.717) is 37.4 Å². The summed E-state index contributed by atoms with van der Waals surface area (Å²) in [5, 5.41) is 13.0. The molecule has 1 heterocycles. The minimum absolute atomic E-state index is 0.0188. The third kappa shape index (κ3) is 4.60. The molecule has 5 heteroatoms. The lowest BCUT2D eigenvalue weighted by Gasteiger charge is -2.26. The molecule has 0 unspecified atom stereocenters. The quantitative estimate of drug-likeness (QED) is 0.652. The third-order valence-electron chi connectivity index (χ3n) is 5.69. The summed E-state index contributed by atoms with van der Waals surface area (Å²) >= 11 is 0. The predicted octanol–water partition coefficient (Wildman–Crippen LogP) is 5.06. The van der Waals surface area contributed by atoms with Gasteiger partial charge in [0.05, 0.1) is 24.5 Å². The Morgan fingerprint density at radius 3 is 2.29 bits per heavy atom. The van der Waals surface area contributed by atoms with Crippen LogP contribution in [0, 0.1) is 25.2 Å². The third-order valence-corrected chi connectivity index (χ3v) is 5.69. The van der Waals surface area contributed by atoms with Crippen LogP contribution in [0.3, 0.4) is 0 Å². The van der Waals surface area contributed by atoms with E-state index >= 15 is 0 Å². The van der Waals surface area contributed by atoms with E-state index < -0.39 is 0 Å². The van der Waals surface area contributed by atoms with E-state index in [4.69, 9.17) is 4.74 Å². The Kier molecular flexibility index (Phi) is 6.01. The zero-order valence-electron chi connectivity index (χ0n) is 17.8. The number of carbonyl (C=O) groups is 1. The number of aryl methyl sites for hydroxylation is 2. The Morgan fingerprint density at radius 1 is 0.935 bits per heavy atom. The van der Waals surface area contributed by atoms with Crippen LogP contribution in [0.25, 0.3) is 11.1 Å². The van der Waals surface area contributed by atoms with Crippen molar-refractivity contribution in [3.63, 3.8) is 0 Å². The minimum atomic E-state index is 0.0188. The summed E-state index contributed by atoms with van der Waals surface area (Å²) in [7, 11) is 0. The minimum Gasteiger partial charge on any atom is -0.378 e. The fraction of sp³-hybridized carbons (Fsp3) is 0.231. The van der Waals surface area contributed by atoms with Crippen molar-refractivity contribution in [2.24, 2.45) is 0 Å². The van der Waals surface area contributed by atoms with E-state index in [0.717, 1.165) is 22.5 Å². The average Bonchev–Trinajstić information content (AvgIpc) is 2.82. The highest BCUT2D eigenvalue weighted by atomic mass is 16.5. The molecule has 0 bridgehead atoms. The van der Waals surface area contributed by atoms with Gasteiger partial charge in [0.2, 0.25) is 0 Å². The van der Waals surface area contributed by atoms with Crippen LogP contribution < -0.4 is 5.32 Å². The molecular weight excluding hydrogens is 386 g/mol. The Balaban J connectivity index is 1.51. The van der Waals surface area contributed by atoms with E-state index in [1.807, 2.05) is 47.4 Å². The first-order chi connectivity index (χ1) is 15.0.